The van der Waals surface area contributed by atoms with E-state index in [4.69, 9.17) is 10.00 Å². The first-order chi connectivity index (χ1) is 5.29. The highest BCUT2D eigenvalue weighted by atomic mass is 79.9. The number of hydrogen-bond donors (Lipinski definition) is 0. The van der Waals surface area contributed by atoms with Crippen molar-refractivity contribution in [3.8, 4) is 11.8 Å². The van der Waals surface area contributed by atoms with E-state index in [1.165, 1.54) is 0 Å². The number of nitrogens with zero attached hydrogens (tertiary/aromatic N) is 1. The maximum absolute atomic E-state index is 8.57. The Hall–Kier alpha value is -1.01. The molecular weight excluding hydrogens is 206 g/mol. The van der Waals surface area contributed by atoms with Crippen LogP contribution < -0.4 is 4.74 Å². The summed E-state index contributed by atoms with van der Waals surface area (Å²) in [6.45, 7) is 0. The summed E-state index contributed by atoms with van der Waals surface area (Å²) in [4.78, 5) is 0. The van der Waals surface area contributed by atoms with E-state index in [9.17, 15) is 0 Å². The van der Waals surface area contributed by atoms with Gasteiger partial charge in [0.15, 0.2) is 0 Å². The van der Waals surface area contributed by atoms with Gasteiger partial charge in [-0.2, -0.15) is 5.26 Å². The molecule has 0 unspecified atom stereocenters. The fourth-order valence-corrected chi connectivity index (χ4v) is 1.20. The van der Waals surface area contributed by atoms with E-state index in [0.29, 0.717) is 15.8 Å². The number of methoxy groups -OCH3 is 1. The molecule has 0 saturated carbocycles. The van der Waals surface area contributed by atoms with Gasteiger partial charge in [-0.1, -0.05) is 0 Å². The molecule has 0 N–H and O–H groups in total. The van der Waals surface area contributed by atoms with Gasteiger partial charge in [-0.05, 0) is 28.1 Å². The Morgan fingerprint density at radius 1 is 1.73 bits per heavy atom. The first kappa shape index (κ1) is 8.09. The van der Waals surface area contributed by atoms with E-state index < -0.39 is 0 Å². The Morgan fingerprint density at radius 3 is 3.00 bits per heavy atom. The zero-order valence-corrected chi connectivity index (χ0v) is 7.47. The Labute approximate surface area is 73.5 Å². The maximum atomic E-state index is 8.57. The number of halogens is 1. The van der Waals surface area contributed by atoms with Crippen LogP contribution in [-0.4, -0.2) is 7.11 Å². The molecule has 0 aliphatic rings. The highest BCUT2D eigenvalue weighted by Gasteiger charge is 2.03. The monoisotopic (exact) mass is 210 g/mol. The fourth-order valence-electron chi connectivity index (χ4n) is 0.699. The number of benzene rings is 1. The van der Waals surface area contributed by atoms with Crippen LogP contribution in [0, 0.1) is 17.4 Å². The molecule has 0 amide bonds. The number of nitriles is 1. The van der Waals surface area contributed by atoms with Gasteiger partial charge in [0.05, 0.1) is 17.1 Å². The average molecular weight is 211 g/mol. The molecule has 1 rings (SSSR count). The summed E-state index contributed by atoms with van der Waals surface area (Å²) < 4.78 is 5.63. The van der Waals surface area contributed by atoms with E-state index in [-0.39, 0.29) is 0 Å². The molecule has 0 aliphatic carbocycles. The first-order valence-electron chi connectivity index (χ1n) is 2.94. The fraction of sp³-hybridized carbons (Fsp3) is 0.125. The molecule has 11 heavy (non-hydrogen) atoms. The van der Waals surface area contributed by atoms with Crippen LogP contribution in [0.5, 0.6) is 5.75 Å². The Kier molecular flexibility index (Phi) is 2.50. The van der Waals surface area contributed by atoms with E-state index in [2.05, 4.69) is 22.0 Å². The third-order valence-corrected chi connectivity index (χ3v) is 2.02. The second-order valence-corrected chi connectivity index (χ2v) is 2.64. The molecule has 0 aromatic heterocycles. The second-order valence-electron chi connectivity index (χ2n) is 1.85. The Balaban J connectivity index is 3.23. The van der Waals surface area contributed by atoms with Gasteiger partial charge >= 0.3 is 0 Å². The van der Waals surface area contributed by atoms with E-state index in [0.717, 1.165) is 0 Å². The van der Waals surface area contributed by atoms with Crippen molar-refractivity contribution in [1.29, 1.82) is 5.26 Å². The minimum absolute atomic E-state index is 0.462. The summed E-state index contributed by atoms with van der Waals surface area (Å²) in [6.07, 6.45) is 0. The number of ether oxygens (including phenoxy) is 1. The van der Waals surface area contributed by atoms with E-state index in [1.807, 2.05) is 6.07 Å². The smallest absolute Gasteiger partial charge is 0.134 e. The predicted octanol–water partition coefficient (Wildman–Crippen LogP) is 2.13. The average Bonchev–Trinajstić information content (AvgIpc) is 2.05. The lowest BCUT2D eigenvalue weighted by atomic mass is 10.2. The third kappa shape index (κ3) is 1.52. The molecule has 0 bridgehead atoms. The molecule has 55 valence electrons. The van der Waals surface area contributed by atoms with Gasteiger partial charge in [-0.3, -0.25) is 0 Å². The zero-order valence-electron chi connectivity index (χ0n) is 5.89. The minimum atomic E-state index is 0.462. The van der Waals surface area contributed by atoms with Gasteiger partial charge in [-0.25, -0.2) is 0 Å². The summed E-state index contributed by atoms with van der Waals surface area (Å²) in [7, 11) is 1.56. The molecule has 0 heterocycles. The molecule has 1 radical (unpaired) electrons. The van der Waals surface area contributed by atoms with Gasteiger partial charge in [0.25, 0.3) is 0 Å². The van der Waals surface area contributed by atoms with Gasteiger partial charge in [0.2, 0.25) is 0 Å². The Morgan fingerprint density at radius 2 is 2.45 bits per heavy atom. The summed E-state index contributed by atoms with van der Waals surface area (Å²) in [5, 5.41) is 8.57. The largest absolute Gasteiger partial charge is 0.496 e. The molecule has 3 heteroatoms. The van der Waals surface area contributed by atoms with Gasteiger partial charge in [0.1, 0.15) is 11.8 Å². The minimum Gasteiger partial charge on any atom is -0.496 e. The van der Waals surface area contributed by atoms with Crippen molar-refractivity contribution >= 4 is 15.9 Å². The molecule has 1 aromatic carbocycles. The van der Waals surface area contributed by atoms with Crippen LogP contribution in [0.1, 0.15) is 5.56 Å². The van der Waals surface area contributed by atoms with Crippen LogP contribution in [-0.2, 0) is 0 Å². The van der Waals surface area contributed by atoms with Crippen molar-refractivity contribution in [1.82, 2.24) is 0 Å². The molecular formula is C8H5BrNO. The first-order valence-corrected chi connectivity index (χ1v) is 3.73. The third-order valence-electron chi connectivity index (χ3n) is 1.23. The Bertz CT molecular complexity index is 303. The van der Waals surface area contributed by atoms with Crippen LogP contribution in [0.25, 0.3) is 0 Å². The lowest BCUT2D eigenvalue weighted by Gasteiger charge is -2.01. The zero-order chi connectivity index (χ0) is 8.27. The van der Waals surface area contributed by atoms with Crippen molar-refractivity contribution in [2.24, 2.45) is 0 Å². The molecule has 0 aliphatic heterocycles. The summed E-state index contributed by atoms with van der Waals surface area (Å²) in [5.74, 6) is 0.653. The summed E-state index contributed by atoms with van der Waals surface area (Å²) in [6, 6.07) is 8.16. The van der Waals surface area contributed by atoms with Crippen LogP contribution in [0.2, 0.25) is 0 Å². The van der Waals surface area contributed by atoms with Crippen molar-refractivity contribution in [2.75, 3.05) is 7.11 Å². The van der Waals surface area contributed by atoms with Gasteiger partial charge in [-0.15, -0.1) is 0 Å². The lowest BCUT2D eigenvalue weighted by Crippen LogP contribution is -1.86. The highest BCUT2D eigenvalue weighted by Crippen LogP contribution is 2.26. The molecule has 0 spiro atoms. The molecule has 2 nitrogen and oxygen atoms in total. The molecule has 0 fully saturated rings. The van der Waals surface area contributed by atoms with Crippen LogP contribution in [0.15, 0.2) is 16.6 Å². The van der Waals surface area contributed by atoms with E-state index >= 15 is 0 Å². The SMILES string of the molecule is COc1cc[c]c(C#N)c1Br. The molecule has 0 saturated heterocycles. The van der Waals surface area contributed by atoms with Crippen molar-refractivity contribution in [2.45, 2.75) is 0 Å². The van der Waals surface area contributed by atoms with Crippen LogP contribution >= 0.6 is 15.9 Å². The topological polar surface area (TPSA) is 33.0 Å². The van der Waals surface area contributed by atoms with Crippen molar-refractivity contribution in [3.05, 3.63) is 28.2 Å². The second kappa shape index (κ2) is 3.40. The standard InChI is InChI=1S/C8H5BrNO/c1-11-7-4-2-3-6(5-10)8(7)9/h2,4H,1H3. The van der Waals surface area contributed by atoms with Crippen molar-refractivity contribution in [3.63, 3.8) is 0 Å². The summed E-state index contributed by atoms with van der Waals surface area (Å²) in [5.41, 5.74) is 0.462. The molecule has 1 aromatic rings. The van der Waals surface area contributed by atoms with Crippen molar-refractivity contribution < 1.29 is 4.74 Å². The highest BCUT2D eigenvalue weighted by molar-refractivity contribution is 9.10. The van der Waals surface area contributed by atoms with Crippen LogP contribution in [0.3, 0.4) is 0 Å². The summed E-state index contributed by atoms with van der Waals surface area (Å²) >= 11 is 3.22. The van der Waals surface area contributed by atoms with Gasteiger partial charge in [0, 0.05) is 6.07 Å². The van der Waals surface area contributed by atoms with E-state index in [1.54, 1.807) is 19.2 Å². The predicted molar refractivity (Wildman–Crippen MR) is 44.2 cm³/mol. The maximum Gasteiger partial charge on any atom is 0.134 e. The number of rotatable bonds is 1. The number of hydrogen-bond acceptors (Lipinski definition) is 2. The molecule has 0 atom stereocenters. The van der Waals surface area contributed by atoms with Crippen LogP contribution in [0.4, 0.5) is 0 Å². The normalized spacial score (nSPS) is 8.82. The quantitative estimate of drug-likeness (QED) is 0.712. The lowest BCUT2D eigenvalue weighted by molar-refractivity contribution is 0.412. The van der Waals surface area contributed by atoms with Gasteiger partial charge < -0.3 is 4.74 Å².